The van der Waals surface area contributed by atoms with Gasteiger partial charge in [-0.1, -0.05) is 57.7 Å². The molecule has 0 radical (unpaired) electrons. The molecule has 0 amide bonds. The van der Waals surface area contributed by atoms with E-state index in [-0.39, 0.29) is 16.1 Å². The highest BCUT2D eigenvalue weighted by Crippen LogP contribution is 2.46. The fourth-order valence-corrected chi connectivity index (χ4v) is 6.84. The van der Waals surface area contributed by atoms with Gasteiger partial charge in [0.25, 0.3) is 0 Å². The third-order valence-electron chi connectivity index (χ3n) is 6.41. The molecule has 7 heteroatoms. The van der Waals surface area contributed by atoms with E-state index in [1.165, 1.54) is 6.07 Å². The molecule has 0 aromatic heterocycles. The number of unbranched alkanes of at least 4 members (excludes halogenated alkanes) is 2. The van der Waals surface area contributed by atoms with Crippen LogP contribution in [0.25, 0.3) is 0 Å². The lowest BCUT2D eigenvalue weighted by Crippen LogP contribution is -2.38. The average molecular weight is 474 g/mol. The quantitative estimate of drug-likeness (QED) is 0.473. The highest BCUT2D eigenvalue weighted by atomic mass is 32.2. The number of hydrogen-bond donors (Lipinski definition) is 1. The minimum Gasteiger partial charge on any atom is -0.482 e. The van der Waals surface area contributed by atoms with E-state index in [9.17, 15) is 13.2 Å². The summed E-state index contributed by atoms with van der Waals surface area (Å²) in [5.74, 6) is -0.726. The Kier molecular flexibility index (Phi) is 8.05. The zero-order valence-corrected chi connectivity index (χ0v) is 20.7. The highest BCUT2D eigenvalue weighted by Gasteiger charge is 2.42. The van der Waals surface area contributed by atoms with E-state index in [4.69, 9.17) is 9.84 Å². The van der Waals surface area contributed by atoms with E-state index in [1.807, 2.05) is 43.3 Å². The van der Waals surface area contributed by atoms with Crippen LogP contribution < -0.4 is 9.64 Å². The molecule has 2 aromatic carbocycles. The molecule has 0 saturated heterocycles. The first-order valence-corrected chi connectivity index (χ1v) is 13.4. The lowest BCUT2D eigenvalue weighted by Gasteiger charge is -2.37. The summed E-state index contributed by atoms with van der Waals surface area (Å²) in [4.78, 5) is 13.4. The molecule has 2 aromatic rings. The van der Waals surface area contributed by atoms with Gasteiger partial charge in [0.05, 0.1) is 16.3 Å². The van der Waals surface area contributed by atoms with Gasteiger partial charge in [0, 0.05) is 23.7 Å². The highest BCUT2D eigenvalue weighted by molar-refractivity contribution is 7.91. The fraction of sp³-hybridized carbons (Fsp3) is 0.500. The molecule has 0 aliphatic carbocycles. The number of aryl methyl sites for hydroxylation is 1. The third kappa shape index (κ3) is 5.88. The summed E-state index contributed by atoms with van der Waals surface area (Å²) in [6, 6.07) is 13.2. The largest absolute Gasteiger partial charge is 0.482 e. The van der Waals surface area contributed by atoms with Crippen molar-refractivity contribution in [2.75, 3.05) is 23.8 Å². The van der Waals surface area contributed by atoms with Crippen LogP contribution in [-0.4, -0.2) is 38.4 Å². The topological polar surface area (TPSA) is 83.9 Å². The van der Waals surface area contributed by atoms with Crippen LogP contribution in [0.3, 0.4) is 0 Å². The molecule has 33 heavy (non-hydrogen) atoms. The Hall–Kier alpha value is -2.54. The van der Waals surface area contributed by atoms with E-state index >= 15 is 0 Å². The molecule has 0 saturated carbocycles. The Labute approximate surface area is 197 Å². The van der Waals surface area contributed by atoms with E-state index in [2.05, 4.69) is 18.7 Å². The number of nitrogens with zero attached hydrogens (tertiary/aromatic N) is 1. The summed E-state index contributed by atoms with van der Waals surface area (Å²) < 4.78 is 33.1. The van der Waals surface area contributed by atoms with E-state index in [0.717, 1.165) is 44.2 Å². The fourth-order valence-electron chi connectivity index (χ4n) is 4.73. The van der Waals surface area contributed by atoms with Crippen molar-refractivity contribution in [2.24, 2.45) is 5.41 Å². The van der Waals surface area contributed by atoms with Gasteiger partial charge in [-0.05, 0) is 43.5 Å². The van der Waals surface area contributed by atoms with Crippen LogP contribution in [-0.2, 0) is 14.6 Å². The lowest BCUT2D eigenvalue weighted by molar-refractivity contribution is -0.139. The Morgan fingerprint density at radius 1 is 1.09 bits per heavy atom. The van der Waals surface area contributed by atoms with Gasteiger partial charge < -0.3 is 14.7 Å². The number of benzene rings is 2. The number of fused-ring (bicyclic) bond motifs is 1. The van der Waals surface area contributed by atoms with Crippen molar-refractivity contribution < 1.29 is 23.1 Å². The Bertz CT molecular complexity index is 1060. The number of anilines is 2. The Morgan fingerprint density at radius 2 is 1.73 bits per heavy atom. The maximum atomic E-state index is 13.8. The second kappa shape index (κ2) is 10.6. The monoisotopic (exact) mass is 473 g/mol. The number of aliphatic carboxylic acids is 1. The molecule has 1 aliphatic heterocycles. The third-order valence-corrected chi connectivity index (χ3v) is 8.40. The number of carboxylic acid groups (broad SMARTS) is 1. The van der Waals surface area contributed by atoms with Gasteiger partial charge in [-0.25, -0.2) is 13.2 Å². The minimum atomic E-state index is -3.63. The van der Waals surface area contributed by atoms with Crippen LogP contribution in [0.2, 0.25) is 0 Å². The zero-order chi connectivity index (χ0) is 24.1. The first-order valence-electron chi connectivity index (χ1n) is 11.8. The predicted molar refractivity (Wildman–Crippen MR) is 131 cm³/mol. The van der Waals surface area contributed by atoms with Crippen molar-refractivity contribution in [3.05, 3.63) is 48.0 Å². The number of carboxylic acids is 1. The van der Waals surface area contributed by atoms with Crippen molar-refractivity contribution in [3.63, 3.8) is 0 Å². The number of sulfone groups is 1. The second-order valence-corrected chi connectivity index (χ2v) is 11.1. The summed E-state index contributed by atoms with van der Waals surface area (Å²) in [7, 11) is -3.63. The SMILES string of the molecule is CCCCC1(CCCC)CN(c2ccccc2)c2cc(C)c(OCC(=O)O)cc2S(=O)(=O)C1. The molecular formula is C26H35NO5S. The van der Waals surface area contributed by atoms with E-state index in [0.29, 0.717) is 23.5 Å². The second-order valence-electron chi connectivity index (χ2n) is 9.16. The maximum Gasteiger partial charge on any atom is 0.341 e. The summed E-state index contributed by atoms with van der Waals surface area (Å²) in [5.41, 5.74) is 1.93. The number of carbonyl (C=O) groups is 1. The molecule has 0 atom stereocenters. The van der Waals surface area contributed by atoms with Gasteiger partial charge in [0.1, 0.15) is 5.75 Å². The Balaban J connectivity index is 2.20. The smallest absolute Gasteiger partial charge is 0.341 e. The molecule has 0 fully saturated rings. The lowest BCUT2D eigenvalue weighted by atomic mass is 9.79. The van der Waals surface area contributed by atoms with Crippen LogP contribution in [0.5, 0.6) is 5.75 Å². The number of para-hydroxylation sites is 1. The molecule has 0 spiro atoms. The summed E-state index contributed by atoms with van der Waals surface area (Å²) >= 11 is 0. The van der Waals surface area contributed by atoms with E-state index in [1.54, 1.807) is 0 Å². The Morgan fingerprint density at radius 3 is 2.30 bits per heavy atom. The minimum absolute atomic E-state index is 0.0811. The number of hydrogen-bond acceptors (Lipinski definition) is 5. The van der Waals surface area contributed by atoms with Gasteiger partial charge in [-0.15, -0.1) is 0 Å². The van der Waals surface area contributed by atoms with Gasteiger partial charge in [0.15, 0.2) is 16.4 Å². The number of rotatable bonds is 10. The van der Waals surface area contributed by atoms with Gasteiger partial charge >= 0.3 is 5.97 Å². The first kappa shape index (κ1) is 25.1. The normalized spacial score (nSPS) is 16.6. The zero-order valence-electron chi connectivity index (χ0n) is 19.8. The summed E-state index contributed by atoms with van der Waals surface area (Å²) in [5, 5.41) is 9.02. The summed E-state index contributed by atoms with van der Waals surface area (Å²) in [6.45, 7) is 6.20. The first-order chi connectivity index (χ1) is 15.7. The van der Waals surface area contributed by atoms with Crippen LogP contribution in [0.1, 0.15) is 57.9 Å². The molecule has 1 aliphatic rings. The molecule has 3 rings (SSSR count). The molecule has 1 N–H and O–H groups in total. The predicted octanol–water partition coefficient (Wildman–Crippen LogP) is 5.75. The summed E-state index contributed by atoms with van der Waals surface area (Å²) in [6.07, 6.45) is 5.67. The van der Waals surface area contributed by atoms with Gasteiger partial charge in [-0.3, -0.25) is 0 Å². The molecule has 0 bridgehead atoms. The van der Waals surface area contributed by atoms with Crippen LogP contribution >= 0.6 is 0 Å². The van der Waals surface area contributed by atoms with Gasteiger partial charge in [-0.2, -0.15) is 0 Å². The van der Waals surface area contributed by atoms with Gasteiger partial charge in [0.2, 0.25) is 0 Å². The maximum absolute atomic E-state index is 13.8. The number of ether oxygens (including phenoxy) is 1. The van der Waals surface area contributed by atoms with Crippen molar-refractivity contribution in [2.45, 2.75) is 64.2 Å². The van der Waals surface area contributed by atoms with E-state index < -0.39 is 22.4 Å². The van der Waals surface area contributed by atoms with Crippen molar-refractivity contribution in [1.29, 1.82) is 0 Å². The molecular weight excluding hydrogens is 438 g/mol. The van der Waals surface area contributed by atoms with Crippen molar-refractivity contribution in [1.82, 2.24) is 0 Å². The van der Waals surface area contributed by atoms with Crippen LogP contribution in [0.15, 0.2) is 47.4 Å². The molecule has 6 nitrogen and oxygen atoms in total. The van der Waals surface area contributed by atoms with Crippen molar-refractivity contribution in [3.8, 4) is 5.75 Å². The molecule has 0 unspecified atom stereocenters. The molecule has 180 valence electrons. The van der Waals surface area contributed by atoms with Crippen LogP contribution in [0.4, 0.5) is 11.4 Å². The van der Waals surface area contributed by atoms with Crippen LogP contribution in [0, 0.1) is 12.3 Å². The van der Waals surface area contributed by atoms with Crippen molar-refractivity contribution >= 4 is 27.2 Å². The average Bonchev–Trinajstić information content (AvgIpc) is 2.87. The molecule has 1 heterocycles. The standard InChI is InChI=1S/C26H35NO5S/c1-4-6-13-26(14-7-5-2)18-27(21-11-9-8-10-12-21)22-15-20(3)23(32-17-25(28)29)16-24(22)33(30,31)19-26/h8-12,15-16H,4-7,13-14,17-19H2,1-3H3,(H,28,29).